The van der Waals surface area contributed by atoms with Crippen molar-refractivity contribution in [2.24, 2.45) is 0 Å². The number of rotatable bonds is 1. The Hall–Kier alpha value is -5.22. The number of hydrogen-bond acceptors (Lipinski definition) is 1. The Kier molecular flexibility index (Phi) is 4.12. The van der Waals surface area contributed by atoms with E-state index in [1.807, 2.05) is 0 Å². The molecule has 0 saturated carbocycles. The summed E-state index contributed by atoms with van der Waals surface area (Å²) in [6.07, 6.45) is 2.26. The smallest absolute Gasteiger partial charge is 0.352 e. The monoisotopic (exact) mass is 555 g/mol. The number of pyridine rings is 1. The summed E-state index contributed by atoms with van der Waals surface area (Å²) in [5.74, 6) is 3.02. The van der Waals surface area contributed by atoms with Gasteiger partial charge in [-0.1, -0.05) is 81.4 Å². The second kappa shape index (κ2) is 7.59. The minimum Gasteiger partial charge on any atom is -0.448 e. The van der Waals surface area contributed by atoms with E-state index in [-0.39, 0.29) is 5.41 Å². The molecule has 0 saturated heterocycles. The lowest BCUT2D eigenvalue weighted by molar-refractivity contribution is -0.733. The van der Waals surface area contributed by atoms with Crippen LogP contribution in [0.5, 0.6) is 11.5 Å². The number of aromatic nitrogens is 3. The largest absolute Gasteiger partial charge is 0.448 e. The minimum atomic E-state index is -0.603. The van der Waals surface area contributed by atoms with E-state index in [0.717, 1.165) is 39.3 Å². The molecule has 5 aromatic carbocycles. The summed E-state index contributed by atoms with van der Waals surface area (Å²) in [6, 6.07) is 42.2. The van der Waals surface area contributed by atoms with E-state index in [1.54, 1.807) is 0 Å². The van der Waals surface area contributed by atoms with Crippen LogP contribution in [0.15, 0.2) is 121 Å². The highest BCUT2D eigenvalue weighted by atomic mass is 16.5. The molecule has 0 aliphatic carbocycles. The second-order valence-electron chi connectivity index (χ2n) is 13.1. The Bertz CT molecular complexity index is 2310. The molecule has 2 aromatic heterocycles. The van der Waals surface area contributed by atoms with Crippen LogP contribution >= 0.6 is 0 Å². The zero-order chi connectivity index (χ0) is 28.7. The first-order valence-corrected chi connectivity index (χ1v) is 15.0. The number of benzene rings is 5. The predicted molar refractivity (Wildman–Crippen MR) is 168 cm³/mol. The summed E-state index contributed by atoms with van der Waals surface area (Å²) in [6.45, 7) is 6.81. The Morgan fingerprint density at radius 3 is 2.40 bits per heavy atom. The lowest BCUT2D eigenvalue weighted by Crippen LogP contribution is -2.57. The van der Waals surface area contributed by atoms with Crippen molar-refractivity contribution in [3.8, 4) is 34.1 Å². The second-order valence-corrected chi connectivity index (χ2v) is 13.1. The average Bonchev–Trinajstić information content (AvgIpc) is 3.63. The van der Waals surface area contributed by atoms with E-state index in [4.69, 9.17) is 4.74 Å². The fourth-order valence-corrected chi connectivity index (χ4v) is 7.98. The van der Waals surface area contributed by atoms with Gasteiger partial charge in [-0.25, -0.2) is 0 Å². The van der Waals surface area contributed by atoms with Crippen molar-refractivity contribution < 1.29 is 13.9 Å². The third-order valence-corrected chi connectivity index (χ3v) is 9.80. The SMILES string of the molecule is CC(C)(C)c1ccc(-n2c3[n+]4c5c(cccc52)Oc2c-4c(cc4ccccc24)C32c3ccccc3-c3cccc[n+]32)cc1. The molecule has 0 amide bonds. The molecular formula is C39H29N3O+2. The number of ether oxygens (including phenoxy) is 1. The van der Waals surface area contributed by atoms with Gasteiger partial charge in [-0.15, -0.1) is 0 Å². The molecule has 4 nitrogen and oxygen atoms in total. The van der Waals surface area contributed by atoms with Crippen molar-refractivity contribution in [1.29, 1.82) is 0 Å². The maximum absolute atomic E-state index is 6.93. The van der Waals surface area contributed by atoms with Crippen LogP contribution in [-0.4, -0.2) is 4.57 Å². The third kappa shape index (κ3) is 2.64. The van der Waals surface area contributed by atoms with Gasteiger partial charge < -0.3 is 4.74 Å². The predicted octanol–water partition coefficient (Wildman–Crippen LogP) is 7.89. The molecule has 0 radical (unpaired) electrons. The van der Waals surface area contributed by atoms with E-state index < -0.39 is 5.54 Å². The summed E-state index contributed by atoms with van der Waals surface area (Å²) in [5, 5.41) is 2.31. The Morgan fingerprint density at radius 1 is 0.744 bits per heavy atom. The average molecular weight is 556 g/mol. The van der Waals surface area contributed by atoms with Gasteiger partial charge >= 0.3 is 11.4 Å². The molecule has 1 atom stereocenters. The number of fused-ring (bicyclic) bond motifs is 9. The molecule has 5 heterocycles. The van der Waals surface area contributed by atoms with Gasteiger partial charge in [-0.05, 0) is 58.8 Å². The van der Waals surface area contributed by atoms with E-state index in [9.17, 15) is 0 Å². The van der Waals surface area contributed by atoms with Gasteiger partial charge in [0.2, 0.25) is 11.2 Å². The lowest BCUT2D eigenvalue weighted by atomic mass is 9.82. The normalized spacial score (nSPS) is 17.0. The molecule has 0 fully saturated rings. The third-order valence-electron chi connectivity index (χ3n) is 9.80. The summed E-state index contributed by atoms with van der Waals surface area (Å²) in [7, 11) is 0. The van der Waals surface area contributed by atoms with Gasteiger partial charge in [0.05, 0.1) is 16.7 Å². The minimum absolute atomic E-state index is 0.0730. The fourth-order valence-electron chi connectivity index (χ4n) is 7.98. The number of para-hydroxylation sites is 1. The summed E-state index contributed by atoms with van der Waals surface area (Å²) in [4.78, 5) is 0. The van der Waals surface area contributed by atoms with Crippen LogP contribution in [0.1, 0.15) is 43.3 Å². The highest BCUT2D eigenvalue weighted by molar-refractivity contribution is 5.97. The van der Waals surface area contributed by atoms with Crippen LogP contribution in [0.3, 0.4) is 0 Å². The Labute approximate surface area is 249 Å². The first-order valence-electron chi connectivity index (χ1n) is 15.0. The molecular weight excluding hydrogens is 526 g/mol. The molecule has 3 aliphatic heterocycles. The van der Waals surface area contributed by atoms with Crippen LogP contribution in [0.25, 0.3) is 44.4 Å². The van der Waals surface area contributed by atoms with Crippen LogP contribution in [0.4, 0.5) is 0 Å². The van der Waals surface area contributed by atoms with Gasteiger partial charge in [-0.2, -0.15) is 13.7 Å². The lowest BCUT2D eigenvalue weighted by Gasteiger charge is -2.22. The van der Waals surface area contributed by atoms with Crippen molar-refractivity contribution >= 4 is 21.8 Å². The summed E-state index contributed by atoms with van der Waals surface area (Å²) < 4.78 is 14.4. The molecule has 0 bridgehead atoms. The van der Waals surface area contributed by atoms with E-state index in [0.29, 0.717) is 0 Å². The zero-order valence-electron chi connectivity index (χ0n) is 24.3. The first kappa shape index (κ1) is 23.4. The molecule has 0 N–H and O–H groups in total. The molecule has 204 valence electrons. The Balaban J connectivity index is 1.46. The summed E-state index contributed by atoms with van der Waals surface area (Å²) in [5.41, 5.74) is 10.3. The topological polar surface area (TPSA) is 21.9 Å². The maximum atomic E-state index is 6.93. The van der Waals surface area contributed by atoms with Crippen LogP contribution in [0, 0.1) is 0 Å². The van der Waals surface area contributed by atoms with Crippen molar-refractivity contribution in [2.45, 2.75) is 31.7 Å². The zero-order valence-corrected chi connectivity index (χ0v) is 24.3. The van der Waals surface area contributed by atoms with Crippen LogP contribution < -0.4 is 13.9 Å². The number of nitrogens with zero attached hydrogens (tertiary/aromatic N) is 3. The van der Waals surface area contributed by atoms with Crippen LogP contribution in [0.2, 0.25) is 0 Å². The quantitative estimate of drug-likeness (QED) is 0.189. The highest BCUT2D eigenvalue weighted by Gasteiger charge is 2.69. The number of imidazole rings is 1. The molecule has 3 aliphatic rings. The summed E-state index contributed by atoms with van der Waals surface area (Å²) >= 11 is 0. The van der Waals surface area contributed by atoms with E-state index in [1.165, 1.54) is 39.2 Å². The molecule has 10 rings (SSSR count). The van der Waals surface area contributed by atoms with E-state index >= 15 is 0 Å². The maximum Gasteiger partial charge on any atom is 0.352 e. The molecule has 7 aromatic rings. The number of hydrogen-bond donors (Lipinski definition) is 0. The molecule has 1 spiro atoms. The van der Waals surface area contributed by atoms with Gasteiger partial charge in [0, 0.05) is 17.5 Å². The molecule has 1 unspecified atom stereocenters. The van der Waals surface area contributed by atoms with Crippen molar-refractivity contribution in [2.75, 3.05) is 0 Å². The first-order chi connectivity index (χ1) is 21.0. The fraction of sp³-hybridized carbons (Fsp3) is 0.128. The van der Waals surface area contributed by atoms with Crippen LogP contribution in [-0.2, 0) is 11.0 Å². The van der Waals surface area contributed by atoms with Gasteiger partial charge in [-0.3, -0.25) is 0 Å². The standard InChI is InChI=1S/C39H29N3O/c1-38(2,3)25-18-20-26(21-19-25)41-32-16-10-17-33-35(32)42-34-30(23-24-11-4-5-12-27(24)36(34)43-33)39(37(41)42)29-14-7-6-13-28(29)31-15-8-9-22-40(31)39/h4-23H,1-3H3/q+2. The van der Waals surface area contributed by atoms with Gasteiger partial charge in [0.25, 0.3) is 0 Å². The Morgan fingerprint density at radius 2 is 1.53 bits per heavy atom. The van der Waals surface area contributed by atoms with Gasteiger partial charge in [0.1, 0.15) is 5.69 Å². The molecule has 4 heteroatoms. The molecule has 43 heavy (non-hydrogen) atoms. The van der Waals surface area contributed by atoms with Crippen molar-refractivity contribution in [3.05, 3.63) is 144 Å². The van der Waals surface area contributed by atoms with Crippen molar-refractivity contribution in [3.63, 3.8) is 0 Å². The van der Waals surface area contributed by atoms with Crippen molar-refractivity contribution in [1.82, 2.24) is 4.57 Å². The highest BCUT2D eigenvalue weighted by Crippen LogP contribution is 2.56. The van der Waals surface area contributed by atoms with E-state index in [2.05, 4.69) is 156 Å². The van der Waals surface area contributed by atoms with Gasteiger partial charge in [0.15, 0.2) is 28.9 Å².